The first-order valence-electron chi connectivity index (χ1n) is 11.8. The molecule has 4 heteroatoms. The zero-order valence-corrected chi connectivity index (χ0v) is 19.0. The molecule has 2 aromatic rings. The summed E-state index contributed by atoms with van der Waals surface area (Å²) in [6.45, 7) is 1.63. The zero-order chi connectivity index (χ0) is 21.8. The van der Waals surface area contributed by atoms with Gasteiger partial charge in [0.25, 0.3) is 0 Å². The van der Waals surface area contributed by atoms with Gasteiger partial charge in [0.1, 0.15) is 6.04 Å². The SMILES string of the molecule is CN(C)C1(c2ccccc2)CCC(Cc2cccc(CN3CCCC3C(=O)O)c2)CC1. The fourth-order valence-electron chi connectivity index (χ4n) is 5.82. The van der Waals surface area contributed by atoms with Gasteiger partial charge in [-0.3, -0.25) is 14.6 Å². The van der Waals surface area contributed by atoms with Gasteiger partial charge in [-0.05, 0) is 88.2 Å². The van der Waals surface area contributed by atoms with Gasteiger partial charge in [0.15, 0.2) is 0 Å². The molecule has 1 N–H and O–H groups in total. The van der Waals surface area contributed by atoms with Gasteiger partial charge in [0.05, 0.1) is 0 Å². The van der Waals surface area contributed by atoms with E-state index in [1.165, 1.54) is 42.4 Å². The third-order valence-corrected chi connectivity index (χ3v) is 7.65. The molecule has 0 aromatic heterocycles. The number of aliphatic carboxylic acids is 1. The lowest BCUT2D eigenvalue weighted by atomic mass is 9.70. The molecule has 31 heavy (non-hydrogen) atoms. The van der Waals surface area contributed by atoms with Crippen LogP contribution in [0.15, 0.2) is 54.6 Å². The molecule has 2 aromatic carbocycles. The molecule has 4 rings (SSSR count). The maximum Gasteiger partial charge on any atom is 0.320 e. The van der Waals surface area contributed by atoms with Crippen molar-refractivity contribution in [3.63, 3.8) is 0 Å². The highest BCUT2D eigenvalue weighted by Gasteiger charge is 2.38. The Morgan fingerprint density at radius 3 is 2.42 bits per heavy atom. The third kappa shape index (κ3) is 4.86. The van der Waals surface area contributed by atoms with E-state index in [1.54, 1.807) is 0 Å². The number of nitrogens with zero attached hydrogens (tertiary/aromatic N) is 2. The number of hydrogen-bond donors (Lipinski definition) is 1. The van der Waals surface area contributed by atoms with Crippen LogP contribution in [0.4, 0.5) is 0 Å². The molecular formula is C27H36N2O2. The summed E-state index contributed by atoms with van der Waals surface area (Å²) in [5.41, 5.74) is 4.24. The molecule has 1 aliphatic carbocycles. The van der Waals surface area contributed by atoms with Gasteiger partial charge in [0, 0.05) is 12.1 Å². The second kappa shape index (κ2) is 9.54. The van der Waals surface area contributed by atoms with E-state index in [0.717, 1.165) is 32.4 Å². The number of carbonyl (C=O) groups is 1. The molecule has 2 fully saturated rings. The van der Waals surface area contributed by atoms with E-state index in [-0.39, 0.29) is 11.6 Å². The molecule has 2 aliphatic rings. The molecule has 4 nitrogen and oxygen atoms in total. The second-order valence-electron chi connectivity index (χ2n) is 9.73. The summed E-state index contributed by atoms with van der Waals surface area (Å²) in [5, 5.41) is 9.45. The maximum absolute atomic E-state index is 11.5. The summed E-state index contributed by atoms with van der Waals surface area (Å²) in [4.78, 5) is 16.0. The number of hydrogen-bond acceptors (Lipinski definition) is 3. The van der Waals surface area contributed by atoms with Crippen molar-refractivity contribution in [1.29, 1.82) is 0 Å². The molecule has 0 bridgehead atoms. The first kappa shape index (κ1) is 22.0. The van der Waals surface area contributed by atoms with Crippen molar-refractivity contribution in [2.24, 2.45) is 5.92 Å². The smallest absolute Gasteiger partial charge is 0.320 e. The quantitative estimate of drug-likeness (QED) is 0.690. The minimum atomic E-state index is -0.682. The van der Waals surface area contributed by atoms with Crippen LogP contribution >= 0.6 is 0 Å². The Morgan fingerprint density at radius 2 is 1.74 bits per heavy atom. The predicted molar refractivity (Wildman–Crippen MR) is 125 cm³/mol. The number of rotatable bonds is 7. The van der Waals surface area contributed by atoms with E-state index in [0.29, 0.717) is 5.92 Å². The van der Waals surface area contributed by atoms with Gasteiger partial charge in [-0.2, -0.15) is 0 Å². The lowest BCUT2D eigenvalue weighted by molar-refractivity contribution is -0.142. The van der Waals surface area contributed by atoms with Gasteiger partial charge in [-0.25, -0.2) is 0 Å². The van der Waals surface area contributed by atoms with Crippen molar-refractivity contribution in [1.82, 2.24) is 9.80 Å². The van der Waals surface area contributed by atoms with Crippen molar-refractivity contribution in [3.05, 3.63) is 71.3 Å². The summed E-state index contributed by atoms with van der Waals surface area (Å²) in [7, 11) is 4.44. The monoisotopic (exact) mass is 420 g/mol. The van der Waals surface area contributed by atoms with Gasteiger partial charge < -0.3 is 5.11 Å². The molecule has 0 spiro atoms. The lowest BCUT2D eigenvalue weighted by Crippen LogP contribution is -2.44. The van der Waals surface area contributed by atoms with E-state index >= 15 is 0 Å². The van der Waals surface area contributed by atoms with Crippen LogP contribution in [0, 0.1) is 5.92 Å². The third-order valence-electron chi connectivity index (χ3n) is 7.65. The summed E-state index contributed by atoms with van der Waals surface area (Å²) >= 11 is 0. The summed E-state index contributed by atoms with van der Waals surface area (Å²) in [6.07, 6.45) is 7.74. The Kier molecular flexibility index (Phi) is 6.78. The predicted octanol–water partition coefficient (Wildman–Crippen LogP) is 4.93. The summed E-state index contributed by atoms with van der Waals surface area (Å²) < 4.78 is 0. The van der Waals surface area contributed by atoms with Crippen molar-refractivity contribution >= 4 is 5.97 Å². The Morgan fingerprint density at radius 1 is 1.03 bits per heavy atom. The average Bonchev–Trinajstić information content (AvgIpc) is 3.23. The minimum Gasteiger partial charge on any atom is -0.480 e. The molecule has 1 saturated carbocycles. The number of carboxylic acid groups (broad SMARTS) is 1. The summed E-state index contributed by atoms with van der Waals surface area (Å²) in [5.74, 6) is 0.0317. The first-order chi connectivity index (χ1) is 15.0. The molecule has 1 aliphatic heterocycles. The number of benzene rings is 2. The highest BCUT2D eigenvalue weighted by Crippen LogP contribution is 2.43. The van der Waals surface area contributed by atoms with E-state index in [2.05, 4.69) is 78.5 Å². The largest absolute Gasteiger partial charge is 0.480 e. The van der Waals surface area contributed by atoms with E-state index in [9.17, 15) is 9.90 Å². The van der Waals surface area contributed by atoms with Crippen LogP contribution in [0.3, 0.4) is 0 Å². The highest BCUT2D eigenvalue weighted by atomic mass is 16.4. The topological polar surface area (TPSA) is 43.8 Å². The Bertz CT molecular complexity index is 872. The average molecular weight is 421 g/mol. The molecular weight excluding hydrogens is 384 g/mol. The van der Waals surface area contributed by atoms with Crippen LogP contribution in [0.2, 0.25) is 0 Å². The fraction of sp³-hybridized carbons (Fsp3) is 0.519. The van der Waals surface area contributed by atoms with E-state index < -0.39 is 5.97 Å². The van der Waals surface area contributed by atoms with Gasteiger partial charge in [-0.15, -0.1) is 0 Å². The fourth-order valence-corrected chi connectivity index (χ4v) is 5.82. The Balaban J connectivity index is 1.39. The van der Waals surface area contributed by atoms with E-state index in [4.69, 9.17) is 0 Å². The van der Waals surface area contributed by atoms with Crippen LogP contribution in [0.1, 0.15) is 55.2 Å². The molecule has 1 atom stereocenters. The van der Waals surface area contributed by atoms with Crippen LogP contribution < -0.4 is 0 Å². The number of carboxylic acids is 1. The summed E-state index contributed by atoms with van der Waals surface area (Å²) in [6, 6.07) is 19.5. The van der Waals surface area contributed by atoms with E-state index in [1.807, 2.05) is 0 Å². The van der Waals surface area contributed by atoms with Gasteiger partial charge >= 0.3 is 5.97 Å². The number of likely N-dealkylation sites (tertiary alicyclic amines) is 1. The minimum absolute atomic E-state index is 0.154. The van der Waals surface area contributed by atoms with Crippen molar-refractivity contribution < 1.29 is 9.90 Å². The van der Waals surface area contributed by atoms with Crippen LogP contribution in [0.25, 0.3) is 0 Å². The van der Waals surface area contributed by atoms with Crippen LogP contribution in [0.5, 0.6) is 0 Å². The normalized spacial score (nSPS) is 26.9. The molecule has 1 saturated heterocycles. The van der Waals surface area contributed by atoms with Gasteiger partial charge in [-0.1, -0.05) is 54.6 Å². The second-order valence-corrected chi connectivity index (χ2v) is 9.73. The molecule has 1 unspecified atom stereocenters. The molecule has 0 radical (unpaired) electrons. The van der Waals surface area contributed by atoms with Crippen LogP contribution in [-0.2, 0) is 23.3 Å². The van der Waals surface area contributed by atoms with Gasteiger partial charge in [0.2, 0.25) is 0 Å². The van der Waals surface area contributed by atoms with Crippen molar-refractivity contribution in [2.75, 3.05) is 20.6 Å². The lowest BCUT2D eigenvalue weighted by Gasteiger charge is -2.45. The Hall–Kier alpha value is -2.17. The molecule has 1 heterocycles. The van der Waals surface area contributed by atoms with Crippen molar-refractivity contribution in [2.45, 2.75) is 63.1 Å². The maximum atomic E-state index is 11.5. The molecule has 166 valence electrons. The first-order valence-corrected chi connectivity index (χ1v) is 11.8. The van der Waals surface area contributed by atoms with Crippen molar-refractivity contribution in [3.8, 4) is 0 Å². The highest BCUT2D eigenvalue weighted by molar-refractivity contribution is 5.73. The standard InChI is InChI=1S/C27H36N2O2/c1-28(2)27(24-10-4-3-5-11-24)15-13-21(14-16-27)18-22-8-6-9-23(19-22)20-29-17-7-12-25(29)26(30)31/h3-6,8-11,19,21,25H,7,12-18,20H2,1-2H3,(H,30,31). The zero-order valence-electron chi connectivity index (χ0n) is 19.0. The Labute approximate surface area is 186 Å². The van der Waals surface area contributed by atoms with Crippen LogP contribution in [-0.4, -0.2) is 47.6 Å². The molecule has 0 amide bonds.